The van der Waals surface area contributed by atoms with Crippen molar-refractivity contribution in [3.05, 3.63) is 18.7 Å². The van der Waals surface area contributed by atoms with E-state index < -0.39 is 0 Å². The highest BCUT2D eigenvalue weighted by atomic mass is 127. The maximum Gasteiger partial charge on any atom is 0.191 e. The number of nitrogens with zero attached hydrogens (tertiary/aromatic N) is 3. The van der Waals surface area contributed by atoms with E-state index in [4.69, 9.17) is 0 Å². The van der Waals surface area contributed by atoms with Gasteiger partial charge in [-0.3, -0.25) is 4.99 Å². The normalized spacial score (nSPS) is 12.9. The predicted octanol–water partition coefficient (Wildman–Crippen LogP) is 2.88. The minimum absolute atomic E-state index is 0. The van der Waals surface area contributed by atoms with Crippen LogP contribution >= 0.6 is 24.0 Å². The van der Waals surface area contributed by atoms with Crippen LogP contribution in [0.15, 0.2) is 23.7 Å². The summed E-state index contributed by atoms with van der Waals surface area (Å²) in [5.41, 5.74) is 0. The summed E-state index contributed by atoms with van der Waals surface area (Å²) in [7, 11) is 1.81. The number of nitrogens with one attached hydrogen (secondary N) is 2. The average molecular weight is 407 g/mol. The Morgan fingerprint density at radius 2 is 2.05 bits per heavy atom. The fourth-order valence-corrected chi connectivity index (χ4v) is 2.05. The molecule has 1 rings (SSSR count). The van der Waals surface area contributed by atoms with Gasteiger partial charge in [0.15, 0.2) is 5.96 Å². The summed E-state index contributed by atoms with van der Waals surface area (Å²) >= 11 is 0. The lowest BCUT2D eigenvalue weighted by Gasteiger charge is -2.18. The van der Waals surface area contributed by atoms with Crippen LogP contribution in [0, 0.1) is 5.92 Å². The van der Waals surface area contributed by atoms with Gasteiger partial charge in [0, 0.05) is 38.6 Å². The summed E-state index contributed by atoms with van der Waals surface area (Å²) in [6, 6.07) is 0.452. The number of aliphatic imine (C=N–C) groups is 1. The third kappa shape index (κ3) is 9.71. The van der Waals surface area contributed by atoms with Crippen LogP contribution in [-0.4, -0.2) is 35.1 Å². The lowest BCUT2D eigenvalue weighted by atomic mass is 10.0. The monoisotopic (exact) mass is 407 g/mol. The van der Waals surface area contributed by atoms with E-state index in [9.17, 15) is 0 Å². The molecule has 1 atom stereocenters. The van der Waals surface area contributed by atoms with Gasteiger partial charge in [-0.1, -0.05) is 26.7 Å². The fourth-order valence-electron chi connectivity index (χ4n) is 2.05. The second-order valence-corrected chi connectivity index (χ2v) is 5.67. The molecule has 1 aromatic heterocycles. The Labute approximate surface area is 146 Å². The topological polar surface area (TPSA) is 54.2 Å². The summed E-state index contributed by atoms with van der Waals surface area (Å²) < 4.78 is 2.05. The van der Waals surface area contributed by atoms with Gasteiger partial charge in [-0.25, -0.2) is 4.98 Å². The first-order valence-electron chi connectivity index (χ1n) is 7.54. The van der Waals surface area contributed by atoms with Crippen molar-refractivity contribution >= 4 is 29.9 Å². The largest absolute Gasteiger partial charge is 0.355 e. The first-order valence-corrected chi connectivity index (χ1v) is 7.54. The Balaban J connectivity index is 0.00000400. The van der Waals surface area contributed by atoms with Gasteiger partial charge in [0.05, 0.1) is 6.33 Å². The average Bonchev–Trinajstić information content (AvgIpc) is 2.90. The Morgan fingerprint density at radius 1 is 1.29 bits per heavy atom. The molecule has 1 heterocycles. The number of rotatable bonds is 8. The van der Waals surface area contributed by atoms with Crippen molar-refractivity contribution in [1.82, 2.24) is 20.2 Å². The molecule has 1 aromatic rings. The first kappa shape index (κ1) is 20.2. The SMILES string of the molecule is CN=C(NCCn1ccnc1)NC(C)CCCC(C)C.I. The quantitative estimate of drug-likeness (QED) is 0.396. The van der Waals surface area contributed by atoms with Gasteiger partial charge in [0.2, 0.25) is 0 Å². The second kappa shape index (κ2) is 11.8. The van der Waals surface area contributed by atoms with Crippen molar-refractivity contribution in [2.24, 2.45) is 10.9 Å². The van der Waals surface area contributed by atoms with Crippen LogP contribution in [0.5, 0.6) is 0 Å². The zero-order chi connectivity index (χ0) is 14.8. The molecule has 0 aliphatic rings. The molecule has 0 saturated carbocycles. The summed E-state index contributed by atoms with van der Waals surface area (Å²) in [5.74, 6) is 1.66. The van der Waals surface area contributed by atoms with E-state index in [0.29, 0.717) is 6.04 Å². The molecule has 6 heteroatoms. The standard InChI is InChI=1S/C15H29N5.HI/c1-13(2)6-5-7-14(3)19-15(16-4)18-9-11-20-10-8-17-12-20;/h8,10,12-14H,5-7,9,11H2,1-4H3,(H2,16,18,19);1H. The molecule has 0 radical (unpaired) electrons. The maximum absolute atomic E-state index is 4.26. The van der Waals surface area contributed by atoms with E-state index in [2.05, 4.69) is 41.4 Å². The Bertz CT molecular complexity index is 375. The number of hydrogen-bond acceptors (Lipinski definition) is 2. The molecule has 5 nitrogen and oxygen atoms in total. The van der Waals surface area contributed by atoms with Gasteiger partial charge in [-0.2, -0.15) is 0 Å². The molecule has 0 spiro atoms. The second-order valence-electron chi connectivity index (χ2n) is 5.67. The molecule has 0 amide bonds. The van der Waals surface area contributed by atoms with Crippen LogP contribution in [0.25, 0.3) is 0 Å². The summed E-state index contributed by atoms with van der Waals surface area (Å²) in [6.07, 6.45) is 9.32. The summed E-state index contributed by atoms with van der Waals surface area (Å²) in [4.78, 5) is 8.29. The molecular formula is C15H30IN5. The molecular weight excluding hydrogens is 377 g/mol. The Kier molecular flexibility index (Phi) is 11.4. The van der Waals surface area contributed by atoms with E-state index in [1.54, 1.807) is 6.20 Å². The van der Waals surface area contributed by atoms with Crippen LogP contribution in [-0.2, 0) is 6.54 Å². The summed E-state index contributed by atoms with van der Waals surface area (Å²) in [6.45, 7) is 8.49. The molecule has 0 aliphatic heterocycles. The zero-order valence-electron chi connectivity index (χ0n) is 13.7. The highest BCUT2D eigenvalue weighted by Crippen LogP contribution is 2.07. The van der Waals surface area contributed by atoms with E-state index >= 15 is 0 Å². The number of guanidine groups is 1. The lowest BCUT2D eigenvalue weighted by Crippen LogP contribution is -2.43. The molecule has 0 fully saturated rings. The van der Waals surface area contributed by atoms with Gasteiger partial charge in [0.1, 0.15) is 0 Å². The molecule has 0 bridgehead atoms. The van der Waals surface area contributed by atoms with Crippen molar-refractivity contribution < 1.29 is 0 Å². The van der Waals surface area contributed by atoms with Gasteiger partial charge >= 0.3 is 0 Å². The first-order chi connectivity index (χ1) is 9.61. The van der Waals surface area contributed by atoms with Crippen molar-refractivity contribution in [2.45, 2.75) is 52.6 Å². The van der Waals surface area contributed by atoms with Gasteiger partial charge in [-0.05, 0) is 19.3 Å². The molecule has 0 saturated heterocycles. The lowest BCUT2D eigenvalue weighted by molar-refractivity contribution is 0.491. The Hall–Kier alpha value is -0.790. The third-order valence-corrected chi connectivity index (χ3v) is 3.25. The minimum atomic E-state index is 0. The number of hydrogen-bond donors (Lipinski definition) is 2. The van der Waals surface area contributed by atoms with Gasteiger partial charge < -0.3 is 15.2 Å². The van der Waals surface area contributed by atoms with Gasteiger partial charge in [0.25, 0.3) is 0 Å². The molecule has 21 heavy (non-hydrogen) atoms. The fraction of sp³-hybridized carbons (Fsp3) is 0.733. The zero-order valence-corrected chi connectivity index (χ0v) is 16.0. The number of aromatic nitrogens is 2. The van der Waals surface area contributed by atoms with E-state index in [-0.39, 0.29) is 24.0 Å². The van der Waals surface area contributed by atoms with Crippen molar-refractivity contribution in [1.29, 1.82) is 0 Å². The minimum Gasteiger partial charge on any atom is -0.355 e. The van der Waals surface area contributed by atoms with Crippen LogP contribution < -0.4 is 10.6 Å². The molecule has 1 unspecified atom stereocenters. The van der Waals surface area contributed by atoms with Crippen LogP contribution in [0.2, 0.25) is 0 Å². The summed E-state index contributed by atoms with van der Waals surface area (Å²) in [5, 5.41) is 6.76. The van der Waals surface area contributed by atoms with E-state index in [0.717, 1.165) is 25.0 Å². The Morgan fingerprint density at radius 3 is 2.62 bits per heavy atom. The molecule has 122 valence electrons. The third-order valence-electron chi connectivity index (χ3n) is 3.25. The highest BCUT2D eigenvalue weighted by molar-refractivity contribution is 14.0. The van der Waals surface area contributed by atoms with E-state index in [1.165, 1.54) is 19.3 Å². The molecule has 0 aliphatic carbocycles. The molecule has 2 N–H and O–H groups in total. The predicted molar refractivity (Wildman–Crippen MR) is 100 cm³/mol. The van der Waals surface area contributed by atoms with Crippen LogP contribution in [0.4, 0.5) is 0 Å². The molecule has 0 aromatic carbocycles. The number of imidazole rings is 1. The van der Waals surface area contributed by atoms with Gasteiger partial charge in [-0.15, -0.1) is 24.0 Å². The maximum atomic E-state index is 4.26. The van der Waals surface area contributed by atoms with Crippen LogP contribution in [0.3, 0.4) is 0 Å². The van der Waals surface area contributed by atoms with Crippen molar-refractivity contribution in [3.8, 4) is 0 Å². The highest BCUT2D eigenvalue weighted by Gasteiger charge is 2.05. The van der Waals surface area contributed by atoms with Crippen molar-refractivity contribution in [2.75, 3.05) is 13.6 Å². The van der Waals surface area contributed by atoms with E-state index in [1.807, 2.05) is 24.1 Å². The number of halogens is 1. The van der Waals surface area contributed by atoms with Crippen LogP contribution in [0.1, 0.15) is 40.0 Å². The smallest absolute Gasteiger partial charge is 0.191 e. The van der Waals surface area contributed by atoms with Crippen molar-refractivity contribution in [3.63, 3.8) is 0 Å².